The van der Waals surface area contributed by atoms with Gasteiger partial charge in [-0.3, -0.25) is 0 Å². The van der Waals surface area contributed by atoms with Crippen molar-refractivity contribution in [3.8, 4) is 17.2 Å². The molecule has 2 rings (SSSR count). The third kappa shape index (κ3) is 5.34. The maximum absolute atomic E-state index is 5.46. The Balaban J connectivity index is 2.07. The molecule has 0 aliphatic rings. The smallest absolute Gasteiger partial charge is 0.191 e. The lowest BCUT2D eigenvalue weighted by atomic mass is 10.1. The molecule has 1 heterocycles. The van der Waals surface area contributed by atoms with Gasteiger partial charge >= 0.3 is 0 Å². The van der Waals surface area contributed by atoms with Gasteiger partial charge in [0.25, 0.3) is 0 Å². The van der Waals surface area contributed by atoms with Crippen LogP contribution in [0.3, 0.4) is 0 Å². The average molecular weight is 360 g/mol. The van der Waals surface area contributed by atoms with Gasteiger partial charge in [0.15, 0.2) is 17.5 Å². The van der Waals surface area contributed by atoms with Crippen molar-refractivity contribution in [2.45, 2.75) is 20.0 Å². The van der Waals surface area contributed by atoms with E-state index < -0.39 is 0 Å². The Hall–Kier alpha value is -2.83. The van der Waals surface area contributed by atoms with Crippen molar-refractivity contribution in [2.24, 2.45) is 4.99 Å². The highest BCUT2D eigenvalue weighted by atomic mass is 16.5. The minimum Gasteiger partial charge on any atom is -0.496 e. The van der Waals surface area contributed by atoms with Crippen LogP contribution in [0.1, 0.15) is 12.5 Å². The fourth-order valence-corrected chi connectivity index (χ4v) is 2.54. The van der Waals surface area contributed by atoms with Gasteiger partial charge in [-0.05, 0) is 25.1 Å². The van der Waals surface area contributed by atoms with Crippen LogP contribution >= 0.6 is 0 Å². The molecule has 1 aromatic carbocycles. The zero-order chi connectivity index (χ0) is 18.8. The first-order valence-corrected chi connectivity index (χ1v) is 8.63. The van der Waals surface area contributed by atoms with E-state index in [0.717, 1.165) is 36.9 Å². The molecule has 0 aliphatic heterocycles. The van der Waals surface area contributed by atoms with Crippen molar-refractivity contribution in [3.05, 3.63) is 42.2 Å². The Morgan fingerprint density at radius 1 is 0.962 bits per heavy atom. The van der Waals surface area contributed by atoms with E-state index in [9.17, 15) is 0 Å². The summed E-state index contributed by atoms with van der Waals surface area (Å²) in [6.45, 7) is 4.95. The number of hydrogen-bond acceptors (Lipinski definition) is 4. The molecule has 0 spiro atoms. The van der Waals surface area contributed by atoms with Gasteiger partial charge in [0.2, 0.25) is 0 Å². The molecule has 0 amide bonds. The maximum atomic E-state index is 5.46. The Morgan fingerprint density at radius 3 is 2.23 bits per heavy atom. The minimum atomic E-state index is 0.461. The summed E-state index contributed by atoms with van der Waals surface area (Å²) in [5.74, 6) is 2.77. The zero-order valence-electron chi connectivity index (χ0n) is 15.9. The number of nitrogens with one attached hydrogen (secondary N) is 2. The molecule has 2 aromatic rings. The van der Waals surface area contributed by atoms with E-state index in [1.807, 2.05) is 43.6 Å². The van der Waals surface area contributed by atoms with Gasteiger partial charge in [-0.25, -0.2) is 4.99 Å². The Kier molecular flexibility index (Phi) is 7.67. The van der Waals surface area contributed by atoms with E-state index in [1.54, 1.807) is 21.3 Å². The summed E-state index contributed by atoms with van der Waals surface area (Å²) in [5, 5.41) is 6.59. The van der Waals surface area contributed by atoms with Crippen LogP contribution in [-0.2, 0) is 13.1 Å². The first kappa shape index (κ1) is 19.5. The highest BCUT2D eigenvalue weighted by molar-refractivity contribution is 5.79. The second-order valence-electron chi connectivity index (χ2n) is 5.56. The van der Waals surface area contributed by atoms with Crippen LogP contribution in [0.15, 0.2) is 41.7 Å². The molecular formula is C19H28N4O3. The molecule has 0 radical (unpaired) electrons. The number of aliphatic imine (C=N–C) groups is 1. The van der Waals surface area contributed by atoms with Gasteiger partial charge in [-0.1, -0.05) is 0 Å². The summed E-state index contributed by atoms with van der Waals surface area (Å²) >= 11 is 0. The molecule has 1 aromatic heterocycles. The van der Waals surface area contributed by atoms with Crippen molar-refractivity contribution in [1.82, 2.24) is 15.2 Å². The van der Waals surface area contributed by atoms with Crippen LogP contribution in [0.2, 0.25) is 0 Å². The molecule has 2 N–H and O–H groups in total. The third-order valence-electron chi connectivity index (χ3n) is 3.87. The summed E-state index contributed by atoms with van der Waals surface area (Å²) in [7, 11) is 4.85. The first-order chi connectivity index (χ1) is 12.7. The van der Waals surface area contributed by atoms with E-state index in [-0.39, 0.29) is 0 Å². The largest absolute Gasteiger partial charge is 0.496 e. The molecule has 26 heavy (non-hydrogen) atoms. The van der Waals surface area contributed by atoms with Crippen LogP contribution in [0.25, 0.3) is 0 Å². The van der Waals surface area contributed by atoms with Crippen molar-refractivity contribution in [2.75, 3.05) is 34.4 Å². The van der Waals surface area contributed by atoms with Crippen molar-refractivity contribution in [3.63, 3.8) is 0 Å². The second-order valence-corrected chi connectivity index (χ2v) is 5.56. The summed E-state index contributed by atoms with van der Waals surface area (Å²) in [5.41, 5.74) is 0.924. The molecule has 0 bridgehead atoms. The van der Waals surface area contributed by atoms with Crippen molar-refractivity contribution in [1.29, 1.82) is 0 Å². The lowest BCUT2D eigenvalue weighted by Crippen LogP contribution is -2.38. The Bertz CT molecular complexity index is 699. The number of nitrogens with zero attached hydrogens (tertiary/aromatic N) is 2. The van der Waals surface area contributed by atoms with Crippen LogP contribution in [0.4, 0.5) is 0 Å². The zero-order valence-corrected chi connectivity index (χ0v) is 15.9. The number of guanidine groups is 1. The van der Waals surface area contributed by atoms with E-state index >= 15 is 0 Å². The van der Waals surface area contributed by atoms with Gasteiger partial charge < -0.3 is 29.4 Å². The van der Waals surface area contributed by atoms with Crippen LogP contribution < -0.4 is 24.8 Å². The monoisotopic (exact) mass is 360 g/mol. The average Bonchev–Trinajstić information content (AvgIpc) is 3.18. The first-order valence-electron chi connectivity index (χ1n) is 8.63. The van der Waals surface area contributed by atoms with Crippen molar-refractivity contribution < 1.29 is 14.2 Å². The summed E-state index contributed by atoms with van der Waals surface area (Å²) in [6.07, 6.45) is 4.08. The third-order valence-corrected chi connectivity index (χ3v) is 3.87. The summed E-state index contributed by atoms with van der Waals surface area (Å²) < 4.78 is 18.3. The lowest BCUT2D eigenvalue weighted by molar-refractivity contribution is 0.347. The van der Waals surface area contributed by atoms with Gasteiger partial charge in [0.05, 0.1) is 27.9 Å². The molecule has 142 valence electrons. The van der Waals surface area contributed by atoms with Crippen LogP contribution in [0.5, 0.6) is 17.2 Å². The number of hydrogen-bond donors (Lipinski definition) is 2. The highest BCUT2D eigenvalue weighted by Gasteiger charge is 2.11. The Labute approximate surface area is 155 Å². The molecule has 7 nitrogen and oxygen atoms in total. The molecule has 0 atom stereocenters. The van der Waals surface area contributed by atoms with E-state index in [2.05, 4.69) is 20.2 Å². The van der Waals surface area contributed by atoms with E-state index in [1.165, 1.54) is 0 Å². The SMILES string of the molecule is CCNC(=NCc1cc(OC)c(OC)cc1OC)NCCn1cccc1. The van der Waals surface area contributed by atoms with Crippen LogP contribution in [0, 0.1) is 0 Å². The number of aromatic nitrogens is 1. The van der Waals surface area contributed by atoms with Crippen LogP contribution in [-0.4, -0.2) is 44.9 Å². The van der Waals surface area contributed by atoms with Gasteiger partial charge in [-0.2, -0.15) is 0 Å². The number of ether oxygens (including phenoxy) is 3. The normalized spacial score (nSPS) is 11.2. The molecule has 0 unspecified atom stereocenters. The summed E-state index contributed by atoms with van der Waals surface area (Å²) in [6, 6.07) is 7.74. The van der Waals surface area contributed by atoms with E-state index in [0.29, 0.717) is 18.0 Å². The fourth-order valence-electron chi connectivity index (χ4n) is 2.54. The molecular weight excluding hydrogens is 332 g/mol. The quantitative estimate of drug-likeness (QED) is 0.530. The molecule has 0 saturated heterocycles. The molecule has 0 saturated carbocycles. The Morgan fingerprint density at radius 2 is 1.62 bits per heavy atom. The number of methoxy groups -OCH3 is 3. The minimum absolute atomic E-state index is 0.461. The summed E-state index contributed by atoms with van der Waals surface area (Å²) in [4.78, 5) is 4.65. The van der Waals surface area contributed by atoms with Gasteiger partial charge in [-0.15, -0.1) is 0 Å². The van der Waals surface area contributed by atoms with Gasteiger partial charge in [0, 0.05) is 43.7 Å². The molecule has 0 fully saturated rings. The number of rotatable bonds is 9. The highest BCUT2D eigenvalue weighted by Crippen LogP contribution is 2.34. The topological polar surface area (TPSA) is 69.0 Å². The number of benzene rings is 1. The van der Waals surface area contributed by atoms with Gasteiger partial charge in [0.1, 0.15) is 5.75 Å². The standard InChI is InChI=1S/C19H28N4O3/c1-5-20-19(21-8-11-23-9-6-7-10-23)22-14-15-12-17(25-3)18(26-4)13-16(15)24-2/h6-7,9-10,12-13H,5,8,11,14H2,1-4H3,(H2,20,21,22). The molecule has 0 aliphatic carbocycles. The predicted molar refractivity (Wildman–Crippen MR) is 103 cm³/mol. The second kappa shape index (κ2) is 10.2. The van der Waals surface area contributed by atoms with E-state index in [4.69, 9.17) is 14.2 Å². The maximum Gasteiger partial charge on any atom is 0.191 e. The van der Waals surface area contributed by atoms with Crippen molar-refractivity contribution >= 4 is 5.96 Å². The fraction of sp³-hybridized carbons (Fsp3) is 0.421. The lowest BCUT2D eigenvalue weighted by Gasteiger charge is -2.14. The molecule has 7 heteroatoms. The predicted octanol–water partition coefficient (Wildman–Crippen LogP) is 2.27.